The first-order valence-electron chi connectivity index (χ1n) is 10.6. The standard InChI is InChI=1S/C23H33N5O.HI/c1-3-24-23(27-17-21-11-12-22(29-2)25-16-21)26-15-19-7-9-20(10-8-19)18-28-13-5-4-6-14-28;/h7-12,16H,3-6,13-15,17-18H2,1-2H3,(H2,24,26,27);1H. The molecule has 0 atom stereocenters. The fourth-order valence-electron chi connectivity index (χ4n) is 3.46. The second-order valence-electron chi connectivity index (χ2n) is 7.41. The van der Waals surface area contributed by atoms with Gasteiger partial charge in [-0.15, -0.1) is 24.0 Å². The molecule has 0 amide bonds. The van der Waals surface area contributed by atoms with Crippen molar-refractivity contribution >= 4 is 29.9 Å². The van der Waals surface area contributed by atoms with Gasteiger partial charge in [0.2, 0.25) is 5.88 Å². The normalized spacial score (nSPS) is 14.7. The summed E-state index contributed by atoms with van der Waals surface area (Å²) in [6.07, 6.45) is 5.85. The SMILES string of the molecule is CCNC(=NCc1ccc(OC)nc1)NCc1ccc(CN2CCCCC2)cc1.I. The average Bonchev–Trinajstić information content (AvgIpc) is 2.78. The van der Waals surface area contributed by atoms with E-state index in [1.807, 2.05) is 12.1 Å². The maximum Gasteiger partial charge on any atom is 0.212 e. The number of hydrogen-bond acceptors (Lipinski definition) is 4. The number of methoxy groups -OCH3 is 1. The molecule has 164 valence electrons. The van der Waals surface area contributed by atoms with E-state index in [9.17, 15) is 0 Å². The second-order valence-corrected chi connectivity index (χ2v) is 7.41. The number of rotatable bonds is 8. The summed E-state index contributed by atoms with van der Waals surface area (Å²) in [6.45, 7) is 7.74. The minimum absolute atomic E-state index is 0. The molecule has 2 aromatic rings. The number of pyridine rings is 1. The molecule has 0 bridgehead atoms. The Kier molecular flexibility index (Phi) is 10.9. The molecule has 1 aliphatic rings. The van der Waals surface area contributed by atoms with Crippen LogP contribution in [0.3, 0.4) is 0 Å². The molecule has 0 saturated carbocycles. The van der Waals surface area contributed by atoms with Gasteiger partial charge in [-0.1, -0.05) is 36.8 Å². The van der Waals surface area contributed by atoms with E-state index in [4.69, 9.17) is 4.74 Å². The summed E-state index contributed by atoms with van der Waals surface area (Å²) in [7, 11) is 1.62. The van der Waals surface area contributed by atoms with E-state index in [-0.39, 0.29) is 24.0 Å². The molecule has 0 spiro atoms. The fourth-order valence-corrected chi connectivity index (χ4v) is 3.46. The first kappa shape index (κ1) is 24.4. The molecule has 3 rings (SSSR count). The summed E-state index contributed by atoms with van der Waals surface area (Å²) in [5, 5.41) is 6.71. The van der Waals surface area contributed by atoms with Crippen LogP contribution >= 0.6 is 24.0 Å². The van der Waals surface area contributed by atoms with Crippen molar-refractivity contribution in [2.24, 2.45) is 4.99 Å². The number of guanidine groups is 1. The molecule has 1 saturated heterocycles. The number of likely N-dealkylation sites (tertiary alicyclic amines) is 1. The third-order valence-corrected chi connectivity index (χ3v) is 5.11. The molecule has 6 nitrogen and oxygen atoms in total. The zero-order chi connectivity index (χ0) is 20.3. The van der Waals surface area contributed by atoms with Gasteiger partial charge in [0, 0.05) is 31.9 Å². The van der Waals surface area contributed by atoms with Gasteiger partial charge >= 0.3 is 0 Å². The van der Waals surface area contributed by atoms with Crippen LogP contribution in [0.1, 0.15) is 42.9 Å². The van der Waals surface area contributed by atoms with E-state index >= 15 is 0 Å². The molecule has 0 radical (unpaired) electrons. The molecule has 1 aliphatic heterocycles. The first-order chi connectivity index (χ1) is 14.3. The van der Waals surface area contributed by atoms with Crippen LogP contribution in [0.5, 0.6) is 5.88 Å². The highest BCUT2D eigenvalue weighted by Crippen LogP contribution is 2.13. The molecule has 2 heterocycles. The third kappa shape index (κ3) is 8.10. The van der Waals surface area contributed by atoms with Gasteiger partial charge in [0.25, 0.3) is 0 Å². The van der Waals surface area contributed by atoms with Crippen molar-refractivity contribution in [1.82, 2.24) is 20.5 Å². The van der Waals surface area contributed by atoms with Crippen molar-refractivity contribution in [2.45, 2.75) is 45.8 Å². The van der Waals surface area contributed by atoms with Crippen molar-refractivity contribution in [3.63, 3.8) is 0 Å². The number of hydrogen-bond donors (Lipinski definition) is 2. The van der Waals surface area contributed by atoms with Gasteiger partial charge in [0.1, 0.15) is 0 Å². The Balaban J connectivity index is 0.00000320. The Morgan fingerprint density at radius 3 is 2.33 bits per heavy atom. The predicted octanol–water partition coefficient (Wildman–Crippen LogP) is 3.95. The van der Waals surface area contributed by atoms with Gasteiger partial charge in [-0.2, -0.15) is 0 Å². The van der Waals surface area contributed by atoms with E-state index in [0.29, 0.717) is 12.4 Å². The van der Waals surface area contributed by atoms with Gasteiger partial charge in [-0.3, -0.25) is 4.90 Å². The van der Waals surface area contributed by atoms with Crippen LogP contribution in [0.15, 0.2) is 47.6 Å². The number of ether oxygens (including phenoxy) is 1. The lowest BCUT2D eigenvalue weighted by Crippen LogP contribution is -2.36. The Bertz CT molecular complexity index is 758. The van der Waals surface area contributed by atoms with E-state index in [1.165, 1.54) is 43.5 Å². The molecule has 1 aromatic carbocycles. The smallest absolute Gasteiger partial charge is 0.212 e. The highest BCUT2D eigenvalue weighted by atomic mass is 127. The number of halogens is 1. The van der Waals surface area contributed by atoms with Crippen LogP contribution in [0.2, 0.25) is 0 Å². The third-order valence-electron chi connectivity index (χ3n) is 5.11. The fraction of sp³-hybridized carbons (Fsp3) is 0.478. The van der Waals surface area contributed by atoms with Crippen molar-refractivity contribution in [3.8, 4) is 5.88 Å². The van der Waals surface area contributed by atoms with Gasteiger partial charge in [-0.05, 0) is 49.5 Å². The first-order valence-corrected chi connectivity index (χ1v) is 10.6. The molecule has 7 heteroatoms. The lowest BCUT2D eigenvalue weighted by molar-refractivity contribution is 0.221. The van der Waals surface area contributed by atoms with Crippen molar-refractivity contribution in [2.75, 3.05) is 26.7 Å². The minimum Gasteiger partial charge on any atom is -0.481 e. The van der Waals surface area contributed by atoms with Crippen LogP contribution in [-0.4, -0.2) is 42.6 Å². The zero-order valence-electron chi connectivity index (χ0n) is 18.1. The van der Waals surface area contributed by atoms with Gasteiger partial charge in [-0.25, -0.2) is 9.98 Å². The summed E-state index contributed by atoms with van der Waals surface area (Å²) in [6, 6.07) is 12.8. The minimum atomic E-state index is 0. The number of nitrogens with one attached hydrogen (secondary N) is 2. The van der Waals surface area contributed by atoms with Gasteiger partial charge < -0.3 is 15.4 Å². The number of nitrogens with zero attached hydrogens (tertiary/aromatic N) is 3. The molecule has 2 N–H and O–H groups in total. The Hall–Kier alpha value is -1.87. The zero-order valence-corrected chi connectivity index (χ0v) is 20.4. The highest BCUT2D eigenvalue weighted by Gasteiger charge is 2.10. The van der Waals surface area contributed by atoms with Crippen LogP contribution in [-0.2, 0) is 19.6 Å². The maximum atomic E-state index is 5.10. The van der Waals surface area contributed by atoms with Crippen molar-refractivity contribution in [3.05, 3.63) is 59.3 Å². The van der Waals surface area contributed by atoms with E-state index in [2.05, 4.69) is 56.7 Å². The van der Waals surface area contributed by atoms with Crippen LogP contribution < -0.4 is 15.4 Å². The largest absolute Gasteiger partial charge is 0.481 e. The van der Waals surface area contributed by atoms with E-state index in [0.717, 1.165) is 31.2 Å². The molecule has 30 heavy (non-hydrogen) atoms. The predicted molar refractivity (Wildman–Crippen MR) is 133 cm³/mol. The maximum absolute atomic E-state index is 5.10. The van der Waals surface area contributed by atoms with E-state index < -0.39 is 0 Å². The number of aromatic nitrogens is 1. The Morgan fingerprint density at radius 2 is 1.70 bits per heavy atom. The van der Waals surface area contributed by atoms with Crippen LogP contribution in [0.25, 0.3) is 0 Å². The topological polar surface area (TPSA) is 61.8 Å². The molecule has 1 aromatic heterocycles. The summed E-state index contributed by atoms with van der Waals surface area (Å²) < 4.78 is 5.10. The highest BCUT2D eigenvalue weighted by molar-refractivity contribution is 14.0. The number of piperidine rings is 1. The van der Waals surface area contributed by atoms with Gasteiger partial charge in [0.15, 0.2) is 5.96 Å². The summed E-state index contributed by atoms with van der Waals surface area (Å²) in [5.74, 6) is 1.42. The van der Waals surface area contributed by atoms with E-state index in [1.54, 1.807) is 13.3 Å². The van der Waals surface area contributed by atoms with Crippen LogP contribution in [0, 0.1) is 0 Å². The lowest BCUT2D eigenvalue weighted by atomic mass is 10.1. The molecular weight excluding hydrogens is 489 g/mol. The number of aliphatic imine (C=N–C) groups is 1. The molecule has 0 unspecified atom stereocenters. The quantitative estimate of drug-likeness (QED) is 0.312. The van der Waals surface area contributed by atoms with Crippen LogP contribution in [0.4, 0.5) is 0 Å². The molecule has 0 aliphatic carbocycles. The molecular formula is C23H34IN5O. The Morgan fingerprint density at radius 1 is 1.00 bits per heavy atom. The number of benzene rings is 1. The summed E-state index contributed by atoms with van der Waals surface area (Å²) in [5.41, 5.74) is 3.69. The second kappa shape index (κ2) is 13.4. The molecule has 1 fully saturated rings. The Labute approximate surface area is 197 Å². The van der Waals surface area contributed by atoms with Gasteiger partial charge in [0.05, 0.1) is 13.7 Å². The monoisotopic (exact) mass is 523 g/mol. The average molecular weight is 523 g/mol. The lowest BCUT2D eigenvalue weighted by Gasteiger charge is -2.26. The van der Waals surface area contributed by atoms with Crippen molar-refractivity contribution in [1.29, 1.82) is 0 Å². The van der Waals surface area contributed by atoms with Crippen molar-refractivity contribution < 1.29 is 4.74 Å². The summed E-state index contributed by atoms with van der Waals surface area (Å²) >= 11 is 0. The summed E-state index contributed by atoms with van der Waals surface area (Å²) in [4.78, 5) is 11.4.